The van der Waals surface area contributed by atoms with Crippen molar-refractivity contribution in [3.8, 4) is 0 Å². The lowest BCUT2D eigenvalue weighted by atomic mass is 9.85. The fourth-order valence-corrected chi connectivity index (χ4v) is 9.61. The Balaban J connectivity index is 1.61. The molecule has 29 nitrogen and oxygen atoms in total. The third kappa shape index (κ3) is 15.9. The fourth-order valence-electron chi connectivity index (χ4n) is 9.61. The number of methoxy groups -OCH3 is 2. The Morgan fingerprint density at radius 2 is 0.811 bits per heavy atom. The number of carbonyl (C=O) groups excluding carboxylic acids is 11. The molecule has 74 heavy (non-hydrogen) atoms. The second-order valence-electron chi connectivity index (χ2n) is 18.1. The average molecular weight is 1060 g/mol. The van der Waals surface area contributed by atoms with Crippen molar-refractivity contribution >= 4 is 65.6 Å². The highest BCUT2D eigenvalue weighted by atomic mass is 16.7. The maximum atomic E-state index is 14.2. The minimum absolute atomic E-state index is 0.0627. The van der Waals surface area contributed by atoms with Gasteiger partial charge in [-0.25, -0.2) is 14.4 Å². The zero-order chi connectivity index (χ0) is 55.4. The van der Waals surface area contributed by atoms with Gasteiger partial charge in [0, 0.05) is 133 Å². The number of hydrogen-bond donors (Lipinski definition) is 4. The molecule has 4 heterocycles. The Labute approximate surface area is 425 Å². The van der Waals surface area contributed by atoms with Gasteiger partial charge in [-0.3, -0.25) is 48.2 Å². The molecule has 4 N–H and O–H groups in total. The van der Waals surface area contributed by atoms with Crippen LogP contribution in [-0.4, -0.2) is 248 Å². The summed E-state index contributed by atoms with van der Waals surface area (Å²) in [4.78, 5) is 147. The highest BCUT2D eigenvalue weighted by molar-refractivity contribution is 5.79. The number of ether oxygens (including phenoxy) is 10. The topological polar surface area (TPSA) is 358 Å². The summed E-state index contributed by atoms with van der Waals surface area (Å²) < 4.78 is 53.9. The van der Waals surface area contributed by atoms with Crippen LogP contribution in [0.2, 0.25) is 0 Å². The first kappa shape index (κ1) is 60.3. The van der Waals surface area contributed by atoms with Crippen LogP contribution in [0.5, 0.6) is 0 Å². The van der Waals surface area contributed by atoms with Gasteiger partial charge >= 0.3 is 53.8 Å². The molecular weight excluding hydrogens is 993 g/mol. The third-order valence-electron chi connectivity index (χ3n) is 12.5. The molecule has 0 aromatic carbocycles. The normalized spacial score (nSPS) is 28.1. The maximum absolute atomic E-state index is 14.2. The van der Waals surface area contributed by atoms with E-state index >= 15 is 0 Å². The number of nitrogens with zero attached hydrogens (tertiary/aromatic N) is 4. The van der Waals surface area contributed by atoms with Crippen molar-refractivity contribution in [3.05, 3.63) is 0 Å². The van der Waals surface area contributed by atoms with E-state index in [1.165, 1.54) is 13.8 Å². The van der Waals surface area contributed by atoms with Gasteiger partial charge in [-0.15, -0.1) is 0 Å². The number of nitrogens with one attached hydrogen (secondary N) is 2. The summed E-state index contributed by atoms with van der Waals surface area (Å²) in [5, 5.41) is 29.1. The van der Waals surface area contributed by atoms with Gasteiger partial charge in [0.25, 0.3) is 11.6 Å². The molecule has 0 unspecified atom stereocenters. The highest BCUT2D eigenvalue weighted by Gasteiger charge is 2.60. The molecule has 416 valence electrons. The maximum Gasteiger partial charge on any atom is 0.366 e. The van der Waals surface area contributed by atoms with Crippen LogP contribution in [0.3, 0.4) is 0 Å². The van der Waals surface area contributed by atoms with E-state index in [1.54, 1.807) is 19.6 Å². The number of rotatable bonds is 18. The Kier molecular flexibility index (Phi) is 21.4. The Morgan fingerprint density at radius 3 is 1.07 bits per heavy atom. The van der Waals surface area contributed by atoms with E-state index in [0.29, 0.717) is 0 Å². The smallest absolute Gasteiger partial charge is 0.366 e. The lowest BCUT2D eigenvalue weighted by Crippen LogP contribution is -2.72. The zero-order valence-corrected chi connectivity index (χ0v) is 43.0. The lowest BCUT2D eigenvalue weighted by Gasteiger charge is -2.52. The Morgan fingerprint density at radius 1 is 0.500 bits per heavy atom. The SMILES string of the molecule is COC(=O)[C@]1(O)C[C@H](N2CCN(C(=O)N3CCN([C@H]4C[C@@](O)(C(=O)OC)O[C@@H]([C@H](OC(C)=O)[C@@H](COC(C)=O)OC(C)=O)[C@@H]4NC(C)=O)CC3)CC2)[C@@H](NC(C)=O)[C@H]([C@H](OC(C)=O)[C@@H](COC(C)=O)OC(C)=O)O1. The van der Waals surface area contributed by atoms with E-state index in [-0.39, 0.29) is 52.4 Å². The van der Waals surface area contributed by atoms with Crippen molar-refractivity contribution in [3.63, 3.8) is 0 Å². The van der Waals surface area contributed by atoms with Gasteiger partial charge in [-0.2, -0.15) is 0 Å². The molecule has 29 heteroatoms. The zero-order valence-electron chi connectivity index (χ0n) is 43.0. The second kappa shape index (κ2) is 26.3. The molecule has 4 saturated heterocycles. The van der Waals surface area contributed by atoms with Crippen LogP contribution >= 0.6 is 0 Å². The summed E-state index contributed by atoms with van der Waals surface area (Å²) in [6.07, 6.45) is -10.9. The molecule has 0 aromatic heterocycles. The first-order valence-corrected chi connectivity index (χ1v) is 23.6. The van der Waals surface area contributed by atoms with Crippen LogP contribution in [0.4, 0.5) is 4.79 Å². The van der Waals surface area contributed by atoms with Crippen molar-refractivity contribution in [2.24, 2.45) is 0 Å². The Hall–Kier alpha value is -6.27. The first-order chi connectivity index (χ1) is 34.6. The van der Waals surface area contributed by atoms with Crippen molar-refractivity contribution < 1.29 is 110 Å². The molecule has 0 spiro atoms. The molecule has 4 aliphatic heterocycles. The summed E-state index contributed by atoms with van der Waals surface area (Å²) in [6, 6.07) is -4.87. The van der Waals surface area contributed by atoms with Crippen LogP contribution in [0.25, 0.3) is 0 Å². The van der Waals surface area contributed by atoms with Gasteiger partial charge in [0.2, 0.25) is 11.8 Å². The largest absolute Gasteiger partial charge is 0.465 e. The Bertz CT molecular complexity index is 1960. The van der Waals surface area contributed by atoms with Gasteiger partial charge in [0.05, 0.1) is 26.3 Å². The van der Waals surface area contributed by atoms with Gasteiger partial charge in [0.15, 0.2) is 24.4 Å². The van der Waals surface area contributed by atoms with Crippen LogP contribution in [-0.2, 0) is 95.3 Å². The number of carbonyl (C=O) groups is 11. The molecule has 0 radical (unpaired) electrons. The molecule has 0 bridgehead atoms. The monoisotopic (exact) mass is 1060 g/mol. The molecule has 0 aromatic rings. The summed E-state index contributed by atoms with van der Waals surface area (Å²) in [5.41, 5.74) is 0. The van der Waals surface area contributed by atoms with Crippen molar-refractivity contribution in [1.82, 2.24) is 30.2 Å². The average Bonchev–Trinajstić information content (AvgIpc) is 3.32. The molecule has 4 aliphatic rings. The third-order valence-corrected chi connectivity index (χ3v) is 12.5. The molecule has 4 fully saturated rings. The van der Waals surface area contributed by atoms with E-state index in [0.717, 1.165) is 55.8 Å². The minimum atomic E-state index is -2.74. The van der Waals surface area contributed by atoms with E-state index in [1.807, 2.05) is 0 Å². The van der Waals surface area contributed by atoms with E-state index in [2.05, 4.69) is 10.6 Å². The van der Waals surface area contributed by atoms with Crippen LogP contribution in [0.1, 0.15) is 68.2 Å². The highest BCUT2D eigenvalue weighted by Crippen LogP contribution is 2.38. The number of aliphatic hydroxyl groups is 2. The van der Waals surface area contributed by atoms with Crippen LogP contribution in [0.15, 0.2) is 0 Å². The van der Waals surface area contributed by atoms with Gasteiger partial charge in [-0.05, 0) is 0 Å². The molecule has 4 rings (SSSR count). The van der Waals surface area contributed by atoms with Crippen LogP contribution < -0.4 is 10.6 Å². The van der Waals surface area contributed by atoms with Crippen LogP contribution in [0, 0.1) is 0 Å². The quantitative estimate of drug-likeness (QED) is 0.0756. The van der Waals surface area contributed by atoms with Crippen molar-refractivity contribution in [1.29, 1.82) is 0 Å². The predicted octanol–water partition coefficient (Wildman–Crippen LogP) is -3.76. The van der Waals surface area contributed by atoms with Crippen molar-refractivity contribution in [2.75, 3.05) is 79.8 Å². The standard InChI is InChI=1S/C45H68N6O23/c1-23(52)46-35-31(19-44(63,41(60)65-9)73-39(35)37(71-29(7)58)33(69-27(5)56)21-67-25(3)54)48-11-15-50(16-12-48)43(62)51-17-13-49(14-18-51)32-20-45(64,42(61)66-10)74-40(36(32)47-24(2)53)38(72-30(8)59)34(70-28(6)57)22-68-26(4)55/h31-40,63-64H,11-22H2,1-10H3,(H,46,52)(H,47,53)/t31-,32-,33+,34+,35+,36+,37+,38+,39+,40+,44-,45-/m0/s1. The summed E-state index contributed by atoms with van der Waals surface area (Å²) >= 11 is 0. The summed E-state index contributed by atoms with van der Waals surface area (Å²) in [6.45, 7) is 7.91. The van der Waals surface area contributed by atoms with Crippen molar-refractivity contribution in [2.45, 2.75) is 141 Å². The van der Waals surface area contributed by atoms with E-state index in [9.17, 15) is 63.0 Å². The number of esters is 8. The van der Waals surface area contributed by atoms with Gasteiger partial charge in [0.1, 0.15) is 25.4 Å². The number of amides is 4. The van der Waals surface area contributed by atoms with Gasteiger partial charge < -0.3 is 78.0 Å². The molecule has 4 amide bonds. The molecular formula is C45H68N6O23. The number of piperazine rings is 2. The minimum Gasteiger partial charge on any atom is -0.465 e. The first-order valence-electron chi connectivity index (χ1n) is 23.6. The molecule has 12 atom stereocenters. The molecule has 0 saturated carbocycles. The van der Waals surface area contributed by atoms with E-state index in [4.69, 9.17) is 47.4 Å². The fraction of sp³-hybridized carbons (Fsp3) is 0.756. The molecule has 0 aliphatic carbocycles. The summed E-state index contributed by atoms with van der Waals surface area (Å²) in [5.74, 6) is -14.4. The van der Waals surface area contributed by atoms with Gasteiger partial charge in [-0.1, -0.05) is 0 Å². The van der Waals surface area contributed by atoms with E-state index < -0.39 is 164 Å². The number of urea groups is 1. The second-order valence-corrected chi connectivity index (χ2v) is 18.1. The lowest BCUT2D eigenvalue weighted by molar-refractivity contribution is -0.293. The summed E-state index contributed by atoms with van der Waals surface area (Å²) in [7, 11) is 1.99. The predicted molar refractivity (Wildman–Crippen MR) is 243 cm³/mol. The number of hydrogen-bond acceptors (Lipinski definition) is 25.